The van der Waals surface area contributed by atoms with Gasteiger partial charge in [0.2, 0.25) is 5.01 Å². The molecule has 1 aromatic heterocycles. The monoisotopic (exact) mass is 481 g/mol. The van der Waals surface area contributed by atoms with E-state index >= 15 is 0 Å². The highest BCUT2D eigenvalue weighted by Crippen LogP contribution is 2.32. The second-order valence-electron chi connectivity index (χ2n) is 8.05. The van der Waals surface area contributed by atoms with E-state index in [4.69, 9.17) is 9.47 Å². The molecule has 1 saturated heterocycles. The van der Waals surface area contributed by atoms with Crippen LogP contribution in [0, 0.1) is 6.92 Å². The van der Waals surface area contributed by atoms with Gasteiger partial charge in [0.05, 0.1) is 19.9 Å². The molecule has 178 valence electrons. The van der Waals surface area contributed by atoms with Crippen LogP contribution in [-0.2, 0) is 0 Å². The molecule has 3 amide bonds. The van der Waals surface area contributed by atoms with E-state index in [2.05, 4.69) is 20.8 Å². The number of aryl methyl sites for hydroxylation is 1. The zero-order chi connectivity index (χ0) is 24.1. The van der Waals surface area contributed by atoms with E-state index in [1.54, 1.807) is 37.3 Å². The molecule has 9 nitrogen and oxygen atoms in total. The molecule has 0 aliphatic carbocycles. The lowest BCUT2D eigenvalue weighted by Gasteiger charge is -2.31. The molecule has 10 heteroatoms. The van der Waals surface area contributed by atoms with Gasteiger partial charge >= 0.3 is 6.03 Å². The molecule has 2 N–H and O–H groups in total. The summed E-state index contributed by atoms with van der Waals surface area (Å²) in [4.78, 5) is 27.3. The number of methoxy groups -OCH3 is 2. The Labute approximate surface area is 202 Å². The zero-order valence-corrected chi connectivity index (χ0v) is 20.1. The predicted molar refractivity (Wildman–Crippen MR) is 131 cm³/mol. The van der Waals surface area contributed by atoms with Crippen LogP contribution in [-0.4, -0.2) is 54.3 Å². The minimum atomic E-state index is -0.289. The largest absolute Gasteiger partial charge is 0.497 e. The SMILES string of the molecule is COc1ccc(OC)c(NC(=O)N2CCC[C@@H](c3nnc(C(=O)Nc4ccc(C)cc4)s3)C2)c1. The molecule has 1 fully saturated rings. The first kappa shape index (κ1) is 23.5. The summed E-state index contributed by atoms with van der Waals surface area (Å²) in [7, 11) is 3.12. The Balaban J connectivity index is 1.40. The van der Waals surface area contributed by atoms with Crippen molar-refractivity contribution in [3.63, 3.8) is 0 Å². The van der Waals surface area contributed by atoms with Crippen molar-refractivity contribution in [3.05, 3.63) is 58.0 Å². The van der Waals surface area contributed by atoms with Crippen LogP contribution in [0.5, 0.6) is 11.5 Å². The van der Waals surface area contributed by atoms with E-state index in [1.807, 2.05) is 31.2 Å². The molecule has 0 spiro atoms. The van der Waals surface area contributed by atoms with Gasteiger partial charge in [-0.1, -0.05) is 29.0 Å². The Bertz CT molecular complexity index is 1160. The third kappa shape index (κ3) is 5.45. The fraction of sp³-hybridized carbons (Fsp3) is 0.333. The van der Waals surface area contributed by atoms with Crippen molar-refractivity contribution >= 4 is 34.6 Å². The predicted octanol–water partition coefficient (Wildman–Crippen LogP) is 4.53. The van der Waals surface area contributed by atoms with Crippen LogP contribution in [0.2, 0.25) is 0 Å². The van der Waals surface area contributed by atoms with Gasteiger partial charge in [-0.25, -0.2) is 4.79 Å². The first-order chi connectivity index (χ1) is 16.5. The highest BCUT2D eigenvalue weighted by Gasteiger charge is 2.28. The summed E-state index contributed by atoms with van der Waals surface area (Å²) in [5.74, 6) is 0.905. The lowest BCUT2D eigenvalue weighted by atomic mass is 9.99. The molecule has 1 atom stereocenters. The second-order valence-corrected chi connectivity index (χ2v) is 9.06. The molecule has 0 radical (unpaired) electrons. The minimum absolute atomic E-state index is 0.0186. The first-order valence-corrected chi connectivity index (χ1v) is 11.8. The van der Waals surface area contributed by atoms with Crippen LogP contribution in [0.15, 0.2) is 42.5 Å². The number of rotatable bonds is 6. The molecule has 1 aliphatic rings. The lowest BCUT2D eigenvalue weighted by Crippen LogP contribution is -2.41. The van der Waals surface area contributed by atoms with Gasteiger partial charge in [0.1, 0.15) is 16.5 Å². The standard InChI is InChI=1S/C24H27N5O4S/c1-15-6-8-17(9-7-15)25-21(30)23-28-27-22(34-23)16-5-4-12-29(14-16)24(31)26-19-13-18(32-2)10-11-20(19)33-3/h6-11,13,16H,4-5,12,14H2,1-3H3,(H,25,30)(H,26,31)/t16-/m1/s1. The highest BCUT2D eigenvalue weighted by molar-refractivity contribution is 7.13. The summed E-state index contributed by atoms with van der Waals surface area (Å²) < 4.78 is 10.6. The van der Waals surface area contributed by atoms with Crippen LogP contribution in [0.3, 0.4) is 0 Å². The van der Waals surface area contributed by atoms with Crippen molar-refractivity contribution in [3.8, 4) is 11.5 Å². The Hall–Kier alpha value is -3.66. The molecular weight excluding hydrogens is 454 g/mol. The Kier molecular flexibility index (Phi) is 7.27. The summed E-state index contributed by atoms with van der Waals surface area (Å²) in [6, 6.07) is 12.6. The van der Waals surface area contributed by atoms with Crippen LogP contribution >= 0.6 is 11.3 Å². The topological polar surface area (TPSA) is 106 Å². The van der Waals surface area contributed by atoms with Gasteiger partial charge in [0.15, 0.2) is 0 Å². The number of urea groups is 1. The zero-order valence-electron chi connectivity index (χ0n) is 19.3. The fourth-order valence-corrected chi connectivity index (χ4v) is 4.65. The van der Waals surface area contributed by atoms with Gasteiger partial charge in [-0.2, -0.15) is 0 Å². The molecule has 2 aromatic carbocycles. The number of carbonyl (C=O) groups excluding carboxylic acids is 2. The van der Waals surface area contributed by atoms with Gasteiger partial charge in [0, 0.05) is 30.8 Å². The molecule has 3 aromatic rings. The summed E-state index contributed by atoms with van der Waals surface area (Å²) >= 11 is 1.27. The number of nitrogens with one attached hydrogen (secondary N) is 2. The van der Waals surface area contributed by atoms with E-state index in [-0.39, 0.29) is 17.9 Å². The van der Waals surface area contributed by atoms with E-state index in [0.29, 0.717) is 41.0 Å². The van der Waals surface area contributed by atoms with Crippen molar-refractivity contribution in [2.24, 2.45) is 0 Å². The van der Waals surface area contributed by atoms with Crippen LogP contribution in [0.25, 0.3) is 0 Å². The average Bonchev–Trinajstić information content (AvgIpc) is 3.36. The third-order valence-corrected chi connectivity index (χ3v) is 6.73. The Morgan fingerprint density at radius 1 is 1.06 bits per heavy atom. The molecule has 0 saturated carbocycles. The number of amides is 3. The highest BCUT2D eigenvalue weighted by atomic mass is 32.1. The summed E-state index contributed by atoms with van der Waals surface area (Å²) in [6.45, 7) is 3.12. The van der Waals surface area contributed by atoms with Crippen molar-refractivity contribution in [2.45, 2.75) is 25.7 Å². The first-order valence-electron chi connectivity index (χ1n) is 11.0. The molecule has 0 unspecified atom stereocenters. The Morgan fingerprint density at radius 2 is 1.85 bits per heavy atom. The van der Waals surface area contributed by atoms with E-state index in [9.17, 15) is 9.59 Å². The number of piperidine rings is 1. The lowest BCUT2D eigenvalue weighted by molar-refractivity contribution is 0.102. The molecule has 0 bridgehead atoms. The van der Waals surface area contributed by atoms with Crippen molar-refractivity contribution in [1.82, 2.24) is 15.1 Å². The molecular formula is C24H27N5O4S. The average molecular weight is 482 g/mol. The second kappa shape index (κ2) is 10.5. The fourth-order valence-electron chi connectivity index (χ4n) is 3.78. The van der Waals surface area contributed by atoms with Crippen LogP contribution in [0.4, 0.5) is 16.2 Å². The van der Waals surface area contributed by atoms with Gasteiger partial charge < -0.3 is 25.0 Å². The number of hydrogen-bond donors (Lipinski definition) is 2. The van der Waals surface area contributed by atoms with Gasteiger partial charge in [-0.05, 0) is 44.0 Å². The van der Waals surface area contributed by atoms with Crippen molar-refractivity contribution in [1.29, 1.82) is 0 Å². The molecule has 1 aliphatic heterocycles. The number of aromatic nitrogens is 2. The number of ether oxygens (including phenoxy) is 2. The summed E-state index contributed by atoms with van der Waals surface area (Å²) in [5.41, 5.74) is 2.37. The number of carbonyl (C=O) groups is 2. The number of benzene rings is 2. The van der Waals surface area contributed by atoms with Crippen molar-refractivity contribution < 1.29 is 19.1 Å². The van der Waals surface area contributed by atoms with Gasteiger partial charge in [-0.15, -0.1) is 10.2 Å². The number of nitrogens with zero attached hydrogens (tertiary/aromatic N) is 3. The summed E-state index contributed by atoms with van der Waals surface area (Å²) in [6.07, 6.45) is 1.71. The maximum atomic E-state index is 13.0. The number of anilines is 2. The minimum Gasteiger partial charge on any atom is -0.497 e. The quantitative estimate of drug-likeness (QED) is 0.536. The van der Waals surface area contributed by atoms with Crippen LogP contribution < -0.4 is 20.1 Å². The van der Waals surface area contributed by atoms with Crippen molar-refractivity contribution in [2.75, 3.05) is 37.9 Å². The smallest absolute Gasteiger partial charge is 0.321 e. The maximum absolute atomic E-state index is 13.0. The van der Waals surface area contributed by atoms with Gasteiger partial charge in [0.25, 0.3) is 5.91 Å². The summed E-state index contributed by atoms with van der Waals surface area (Å²) in [5, 5.41) is 15.2. The number of likely N-dealkylation sites (tertiary alicyclic amines) is 1. The molecule has 4 rings (SSSR count). The number of hydrogen-bond acceptors (Lipinski definition) is 7. The normalized spacial score (nSPS) is 15.5. The van der Waals surface area contributed by atoms with E-state index < -0.39 is 0 Å². The third-order valence-electron chi connectivity index (χ3n) is 5.65. The molecule has 34 heavy (non-hydrogen) atoms. The van der Waals surface area contributed by atoms with Gasteiger partial charge in [-0.3, -0.25) is 4.79 Å². The maximum Gasteiger partial charge on any atom is 0.321 e. The van der Waals surface area contributed by atoms with E-state index in [0.717, 1.165) is 23.4 Å². The van der Waals surface area contributed by atoms with Crippen LogP contribution in [0.1, 0.15) is 39.1 Å². The van der Waals surface area contributed by atoms with E-state index in [1.165, 1.54) is 11.3 Å². The molecule has 2 heterocycles. The Morgan fingerprint density at radius 3 is 2.59 bits per heavy atom.